The minimum atomic E-state index is -1.65. The third-order valence-corrected chi connectivity index (χ3v) is 10.1. The van der Waals surface area contributed by atoms with Crippen LogP contribution in [0, 0.1) is 11.8 Å². The van der Waals surface area contributed by atoms with E-state index < -0.39 is 86.8 Å². The van der Waals surface area contributed by atoms with Gasteiger partial charge in [0.15, 0.2) is 23.0 Å². The van der Waals surface area contributed by atoms with Gasteiger partial charge in [0.25, 0.3) is 0 Å². The van der Waals surface area contributed by atoms with Crippen molar-refractivity contribution in [3.05, 3.63) is 35.4 Å². The van der Waals surface area contributed by atoms with Gasteiger partial charge in [-0.3, -0.25) is 0 Å². The van der Waals surface area contributed by atoms with E-state index in [1.807, 2.05) is 0 Å². The second-order valence-corrected chi connectivity index (χ2v) is 13.0. The SMILES string of the molecule is COc1cc([C@H]2OC[C@H]3[C@@H]2CO[C@H]3c2cc(OC)c(O[C@H]3O[C@H](CO)[C@H](O)[C@@H](O)[C@H]3O)c(OC)c2)cc(OC)c1O[C@H]1O[C@@H](CO)[C@H](O)[C@@H](O)[C@@H]1O. The molecule has 0 aromatic heterocycles. The summed E-state index contributed by atoms with van der Waals surface area (Å²) < 4.78 is 58.0. The molecule has 0 bridgehead atoms. The minimum Gasteiger partial charge on any atom is -0.493 e. The van der Waals surface area contributed by atoms with Crippen molar-refractivity contribution in [1.82, 2.24) is 0 Å². The molecule has 4 fully saturated rings. The number of hydrogen-bond acceptors (Lipinski definition) is 18. The third kappa shape index (κ3) is 6.94. The predicted octanol–water partition coefficient (Wildman–Crippen LogP) is -1.85. The van der Waals surface area contributed by atoms with Crippen molar-refractivity contribution >= 4 is 0 Å². The Labute approximate surface area is 298 Å². The number of hydrogen-bond donors (Lipinski definition) is 8. The summed E-state index contributed by atoms with van der Waals surface area (Å²) in [5.74, 6) is 0.683. The van der Waals surface area contributed by atoms with Gasteiger partial charge in [-0.2, -0.15) is 0 Å². The molecule has 0 saturated carbocycles. The molecule has 52 heavy (non-hydrogen) atoms. The molecule has 4 saturated heterocycles. The van der Waals surface area contributed by atoms with E-state index in [4.69, 9.17) is 47.4 Å². The molecule has 14 atom stereocenters. The summed E-state index contributed by atoms with van der Waals surface area (Å²) in [5, 5.41) is 81.0. The highest BCUT2D eigenvalue weighted by Crippen LogP contribution is 2.54. The average molecular weight is 743 g/mol. The Balaban J connectivity index is 1.22. The quantitative estimate of drug-likeness (QED) is 0.119. The van der Waals surface area contributed by atoms with Crippen LogP contribution in [-0.4, -0.2) is 157 Å². The standard InChI is InChI=1S/C34H46O18/c1-43-17-5-13(6-18(44-2)31(17)51-33-27(41)25(39)23(37)21(9-35)49-33)29-15-11-48-30(16(15)12-47-29)14-7-19(45-3)32(20(8-14)46-4)52-34-28(42)26(40)24(38)22(10-36)50-34/h5-8,15-16,21-30,33-42H,9-12H2,1-4H3/t15-,16-,21-,22+,23-,24-,25+,26+,27-,28+,29+,30-,33+,34+/m0/s1. The second kappa shape index (κ2) is 16.0. The summed E-state index contributed by atoms with van der Waals surface area (Å²) in [4.78, 5) is 0. The summed E-state index contributed by atoms with van der Waals surface area (Å²) in [7, 11) is 5.66. The van der Waals surface area contributed by atoms with Crippen LogP contribution in [-0.2, 0) is 18.9 Å². The highest BCUT2D eigenvalue weighted by molar-refractivity contribution is 5.56. The Morgan fingerprint density at radius 2 is 0.846 bits per heavy atom. The smallest absolute Gasteiger partial charge is 0.229 e. The molecule has 0 unspecified atom stereocenters. The van der Waals surface area contributed by atoms with Gasteiger partial charge in [0.05, 0.1) is 67.1 Å². The Hall–Kier alpha value is -3.24. The molecule has 2 aromatic rings. The highest BCUT2D eigenvalue weighted by Gasteiger charge is 2.50. The van der Waals surface area contributed by atoms with Crippen molar-refractivity contribution in [3.8, 4) is 34.5 Å². The van der Waals surface area contributed by atoms with Gasteiger partial charge in [-0.15, -0.1) is 0 Å². The fourth-order valence-corrected chi connectivity index (χ4v) is 7.16. The zero-order valence-corrected chi connectivity index (χ0v) is 28.9. The van der Waals surface area contributed by atoms with E-state index in [-0.39, 0.29) is 46.3 Å². The third-order valence-electron chi connectivity index (χ3n) is 10.1. The summed E-state index contributed by atoms with van der Waals surface area (Å²) in [6.45, 7) is -0.604. The number of fused-ring (bicyclic) bond motifs is 1. The van der Waals surface area contributed by atoms with Gasteiger partial charge in [0.2, 0.25) is 24.1 Å². The lowest BCUT2D eigenvalue weighted by Gasteiger charge is -2.39. The molecule has 4 aliphatic rings. The van der Waals surface area contributed by atoms with Crippen LogP contribution in [0.5, 0.6) is 34.5 Å². The first-order valence-electron chi connectivity index (χ1n) is 16.7. The number of methoxy groups -OCH3 is 4. The van der Waals surface area contributed by atoms with Crippen LogP contribution < -0.4 is 28.4 Å². The van der Waals surface area contributed by atoms with Crippen molar-refractivity contribution in [1.29, 1.82) is 0 Å². The van der Waals surface area contributed by atoms with Crippen molar-refractivity contribution in [2.24, 2.45) is 11.8 Å². The molecular weight excluding hydrogens is 696 g/mol. The zero-order chi connectivity index (χ0) is 37.4. The molecule has 18 nitrogen and oxygen atoms in total. The maximum absolute atomic E-state index is 10.5. The minimum absolute atomic E-state index is 0.0541. The van der Waals surface area contributed by atoms with Crippen molar-refractivity contribution in [3.63, 3.8) is 0 Å². The monoisotopic (exact) mass is 742 g/mol. The van der Waals surface area contributed by atoms with Gasteiger partial charge < -0.3 is 88.2 Å². The normalized spacial score (nSPS) is 37.3. The fourth-order valence-electron chi connectivity index (χ4n) is 7.16. The maximum atomic E-state index is 10.5. The molecule has 6 rings (SSSR count). The van der Waals surface area contributed by atoms with Gasteiger partial charge in [-0.1, -0.05) is 0 Å². The molecule has 8 N–H and O–H groups in total. The van der Waals surface area contributed by atoms with E-state index in [0.717, 1.165) is 0 Å². The van der Waals surface area contributed by atoms with E-state index in [0.29, 0.717) is 24.3 Å². The largest absolute Gasteiger partial charge is 0.493 e. The van der Waals surface area contributed by atoms with Crippen LogP contribution in [0.2, 0.25) is 0 Å². The molecule has 2 aromatic carbocycles. The van der Waals surface area contributed by atoms with Crippen LogP contribution in [0.15, 0.2) is 24.3 Å². The Morgan fingerprint density at radius 1 is 0.519 bits per heavy atom. The van der Waals surface area contributed by atoms with Crippen LogP contribution in [0.1, 0.15) is 23.3 Å². The lowest BCUT2D eigenvalue weighted by Crippen LogP contribution is -2.60. The van der Waals surface area contributed by atoms with Crippen molar-refractivity contribution in [2.45, 2.75) is 73.6 Å². The van der Waals surface area contributed by atoms with Gasteiger partial charge >= 0.3 is 0 Å². The Kier molecular flexibility index (Phi) is 11.8. The summed E-state index contributed by atoms with van der Waals surface area (Å²) in [6.07, 6.45) is -15.9. The lowest BCUT2D eigenvalue weighted by atomic mass is 9.84. The van der Waals surface area contributed by atoms with Gasteiger partial charge in [-0.25, -0.2) is 0 Å². The van der Waals surface area contributed by atoms with Gasteiger partial charge in [0, 0.05) is 11.8 Å². The summed E-state index contributed by atoms with van der Waals surface area (Å²) >= 11 is 0. The number of aliphatic hydroxyl groups is 8. The van der Waals surface area contributed by atoms with Crippen molar-refractivity contribution < 1.29 is 88.2 Å². The summed E-state index contributed by atoms with van der Waals surface area (Å²) in [5.41, 5.74) is 1.37. The van der Waals surface area contributed by atoms with Crippen LogP contribution in [0.25, 0.3) is 0 Å². The van der Waals surface area contributed by atoms with Crippen molar-refractivity contribution in [2.75, 3.05) is 54.9 Å². The van der Waals surface area contributed by atoms with E-state index in [9.17, 15) is 40.9 Å². The fraction of sp³-hybridized carbons (Fsp3) is 0.647. The molecule has 0 spiro atoms. The number of aliphatic hydroxyl groups excluding tert-OH is 8. The first-order chi connectivity index (χ1) is 25.0. The lowest BCUT2D eigenvalue weighted by molar-refractivity contribution is -0.277. The Bertz CT molecular complexity index is 1360. The first kappa shape index (κ1) is 38.5. The first-order valence-corrected chi connectivity index (χ1v) is 16.7. The molecule has 4 heterocycles. The second-order valence-electron chi connectivity index (χ2n) is 13.0. The number of rotatable bonds is 12. The topological polar surface area (TPSA) is 254 Å². The van der Waals surface area contributed by atoms with Crippen LogP contribution >= 0.6 is 0 Å². The zero-order valence-electron chi connectivity index (χ0n) is 28.9. The van der Waals surface area contributed by atoms with E-state index in [1.165, 1.54) is 28.4 Å². The Morgan fingerprint density at radius 3 is 1.13 bits per heavy atom. The van der Waals surface area contributed by atoms with E-state index in [1.54, 1.807) is 24.3 Å². The molecule has 0 radical (unpaired) electrons. The maximum Gasteiger partial charge on any atom is 0.229 e. The van der Waals surface area contributed by atoms with Crippen LogP contribution in [0.4, 0.5) is 0 Å². The molecular formula is C34H46O18. The molecule has 0 aliphatic carbocycles. The van der Waals surface area contributed by atoms with Gasteiger partial charge in [-0.05, 0) is 35.4 Å². The predicted molar refractivity (Wildman–Crippen MR) is 172 cm³/mol. The number of ether oxygens (including phenoxy) is 10. The van der Waals surface area contributed by atoms with E-state index >= 15 is 0 Å². The highest BCUT2D eigenvalue weighted by atomic mass is 16.7. The van der Waals surface area contributed by atoms with Crippen LogP contribution in [0.3, 0.4) is 0 Å². The molecule has 0 amide bonds. The summed E-state index contributed by atoms with van der Waals surface area (Å²) in [6, 6.07) is 6.78. The van der Waals surface area contributed by atoms with E-state index in [2.05, 4.69) is 0 Å². The molecule has 290 valence electrons. The molecule has 4 aliphatic heterocycles. The van der Waals surface area contributed by atoms with Gasteiger partial charge in [0.1, 0.15) is 48.8 Å². The average Bonchev–Trinajstić information content (AvgIpc) is 3.78. The molecule has 18 heteroatoms. The number of benzene rings is 2.